The molecule has 1 aromatic carbocycles. The Morgan fingerprint density at radius 2 is 2.04 bits per heavy atom. The van der Waals surface area contributed by atoms with Crippen molar-refractivity contribution in [3.05, 3.63) is 29.8 Å². The summed E-state index contributed by atoms with van der Waals surface area (Å²) in [6, 6.07) is 8.09. The van der Waals surface area contributed by atoms with Gasteiger partial charge in [0.25, 0.3) is 0 Å². The van der Waals surface area contributed by atoms with Crippen LogP contribution in [0.2, 0.25) is 0 Å². The predicted octanol–water partition coefficient (Wildman–Crippen LogP) is 3.10. The van der Waals surface area contributed by atoms with Crippen LogP contribution in [0.1, 0.15) is 32.3 Å². The minimum Gasteiger partial charge on any atom is -0.497 e. The Bertz CT molecular complexity index is 602. The summed E-state index contributed by atoms with van der Waals surface area (Å²) in [7, 11) is 1.68. The molecule has 6 nitrogen and oxygen atoms in total. The van der Waals surface area contributed by atoms with Gasteiger partial charge < -0.3 is 19.7 Å². The van der Waals surface area contributed by atoms with Gasteiger partial charge in [0.15, 0.2) is 5.96 Å². The van der Waals surface area contributed by atoms with Gasteiger partial charge in [-0.05, 0) is 50.8 Å². The lowest BCUT2D eigenvalue weighted by molar-refractivity contribution is -0.149. The number of methoxy groups -OCH3 is 1. The van der Waals surface area contributed by atoms with Crippen LogP contribution in [0.4, 0.5) is 0 Å². The number of ether oxygens (including phenoxy) is 2. The first-order valence-corrected chi connectivity index (χ1v) is 9.50. The van der Waals surface area contributed by atoms with Gasteiger partial charge in [0.2, 0.25) is 0 Å². The molecule has 1 aliphatic rings. The molecule has 0 atom stereocenters. The van der Waals surface area contributed by atoms with Crippen molar-refractivity contribution in [2.75, 3.05) is 39.9 Å². The molecule has 7 heteroatoms. The van der Waals surface area contributed by atoms with Crippen LogP contribution in [0.25, 0.3) is 0 Å². The van der Waals surface area contributed by atoms with E-state index in [4.69, 9.17) is 14.5 Å². The van der Waals surface area contributed by atoms with Crippen molar-refractivity contribution in [2.45, 2.75) is 33.1 Å². The van der Waals surface area contributed by atoms with Gasteiger partial charge in [-0.3, -0.25) is 9.79 Å². The number of hydrogen-bond donors (Lipinski definition) is 1. The molecule has 2 rings (SSSR count). The molecule has 0 bridgehead atoms. The summed E-state index contributed by atoms with van der Waals surface area (Å²) in [5.74, 6) is 1.76. The maximum Gasteiger partial charge on any atom is 0.309 e. The first kappa shape index (κ1) is 23.5. The van der Waals surface area contributed by atoms with E-state index < -0.39 is 0 Å². The number of likely N-dealkylation sites (tertiary alicyclic amines) is 1. The third-order valence-electron chi connectivity index (χ3n) is 4.55. The number of esters is 1. The highest BCUT2D eigenvalue weighted by Gasteiger charge is 2.27. The van der Waals surface area contributed by atoms with Crippen LogP contribution < -0.4 is 10.1 Å². The largest absolute Gasteiger partial charge is 0.497 e. The Hall–Kier alpha value is -1.51. The van der Waals surface area contributed by atoms with Crippen LogP contribution in [0.15, 0.2) is 29.3 Å². The lowest BCUT2D eigenvalue weighted by Crippen LogP contribution is -2.46. The third-order valence-corrected chi connectivity index (χ3v) is 4.55. The number of carbonyl (C=O) groups is 1. The monoisotopic (exact) mass is 489 g/mol. The van der Waals surface area contributed by atoms with Crippen LogP contribution in [-0.2, 0) is 16.0 Å². The summed E-state index contributed by atoms with van der Waals surface area (Å²) in [6.45, 7) is 7.58. The van der Waals surface area contributed by atoms with E-state index in [1.165, 1.54) is 5.56 Å². The highest BCUT2D eigenvalue weighted by Crippen LogP contribution is 2.19. The normalized spacial score (nSPS) is 15.1. The minimum atomic E-state index is -0.0629. The van der Waals surface area contributed by atoms with Crippen LogP contribution >= 0.6 is 24.0 Å². The minimum absolute atomic E-state index is 0. The van der Waals surface area contributed by atoms with Gasteiger partial charge in [0.05, 0.1) is 19.6 Å². The average Bonchev–Trinajstić information content (AvgIpc) is 2.68. The Labute approximate surface area is 179 Å². The molecule has 1 aliphatic heterocycles. The van der Waals surface area contributed by atoms with Crippen LogP contribution in [-0.4, -0.2) is 56.7 Å². The second-order valence-electron chi connectivity index (χ2n) is 6.35. The Kier molecular flexibility index (Phi) is 11.2. The van der Waals surface area contributed by atoms with Crippen molar-refractivity contribution in [1.29, 1.82) is 0 Å². The number of guanidine groups is 1. The first-order valence-electron chi connectivity index (χ1n) is 9.50. The molecule has 1 heterocycles. The topological polar surface area (TPSA) is 63.2 Å². The molecular formula is C20H32IN3O3. The zero-order chi connectivity index (χ0) is 18.8. The number of carbonyl (C=O) groups excluding carboxylic acids is 1. The van der Waals surface area contributed by atoms with Crippen molar-refractivity contribution in [3.63, 3.8) is 0 Å². The quantitative estimate of drug-likeness (QED) is 0.276. The number of rotatable bonds is 7. The molecule has 1 fully saturated rings. The number of hydrogen-bond acceptors (Lipinski definition) is 4. The smallest absolute Gasteiger partial charge is 0.309 e. The van der Waals surface area contributed by atoms with Crippen LogP contribution in [0, 0.1) is 5.92 Å². The number of aliphatic imine (C=N–C) groups is 1. The van der Waals surface area contributed by atoms with Crippen LogP contribution in [0.3, 0.4) is 0 Å². The average molecular weight is 489 g/mol. The van der Waals surface area contributed by atoms with Gasteiger partial charge in [-0.2, -0.15) is 0 Å². The molecule has 0 aromatic heterocycles. The van der Waals surface area contributed by atoms with E-state index in [9.17, 15) is 4.79 Å². The van der Waals surface area contributed by atoms with E-state index in [-0.39, 0.29) is 35.9 Å². The van der Waals surface area contributed by atoms with Gasteiger partial charge in [-0.1, -0.05) is 12.1 Å². The summed E-state index contributed by atoms with van der Waals surface area (Å²) in [6.07, 6.45) is 2.50. The maximum atomic E-state index is 11.9. The standard InChI is InChI=1S/C20H31N3O3.HI/c1-4-21-20(22-12-9-16-7-6-8-18(15-16)25-3)23-13-10-17(11-14-23)19(24)26-5-2;/h6-8,15,17H,4-5,9-14H2,1-3H3,(H,21,22);1H. The fraction of sp³-hybridized carbons (Fsp3) is 0.600. The highest BCUT2D eigenvalue weighted by atomic mass is 127. The summed E-state index contributed by atoms with van der Waals surface area (Å²) >= 11 is 0. The fourth-order valence-electron chi connectivity index (χ4n) is 3.13. The molecule has 1 N–H and O–H groups in total. The van der Waals surface area contributed by atoms with Gasteiger partial charge in [0, 0.05) is 26.2 Å². The van der Waals surface area contributed by atoms with E-state index in [1.807, 2.05) is 25.1 Å². The molecule has 0 spiro atoms. The number of nitrogens with zero attached hydrogens (tertiary/aromatic N) is 2. The van der Waals surface area contributed by atoms with E-state index in [0.29, 0.717) is 13.2 Å². The van der Waals surface area contributed by atoms with Crippen LogP contribution in [0.5, 0.6) is 5.75 Å². The van der Waals surface area contributed by atoms with Crippen molar-refractivity contribution in [3.8, 4) is 5.75 Å². The maximum absolute atomic E-state index is 11.9. The van der Waals surface area contributed by atoms with Gasteiger partial charge in [-0.25, -0.2) is 0 Å². The Morgan fingerprint density at radius 3 is 2.67 bits per heavy atom. The predicted molar refractivity (Wildman–Crippen MR) is 119 cm³/mol. The van der Waals surface area contributed by atoms with Gasteiger partial charge >= 0.3 is 5.97 Å². The molecule has 0 unspecified atom stereocenters. The van der Waals surface area contributed by atoms with Crippen molar-refractivity contribution >= 4 is 35.9 Å². The second-order valence-corrected chi connectivity index (χ2v) is 6.35. The Morgan fingerprint density at radius 1 is 1.30 bits per heavy atom. The number of piperidine rings is 1. The molecule has 1 saturated heterocycles. The summed E-state index contributed by atoms with van der Waals surface area (Å²) in [5, 5.41) is 3.37. The molecular weight excluding hydrogens is 457 g/mol. The summed E-state index contributed by atoms with van der Waals surface area (Å²) < 4.78 is 10.4. The molecule has 0 radical (unpaired) electrons. The molecule has 0 amide bonds. The lowest BCUT2D eigenvalue weighted by atomic mass is 9.97. The van der Waals surface area contributed by atoms with Gasteiger partial charge in [0.1, 0.15) is 5.75 Å². The molecule has 27 heavy (non-hydrogen) atoms. The van der Waals surface area contributed by atoms with Gasteiger partial charge in [-0.15, -0.1) is 24.0 Å². The molecule has 0 saturated carbocycles. The Balaban J connectivity index is 0.00000364. The highest BCUT2D eigenvalue weighted by molar-refractivity contribution is 14.0. The molecule has 152 valence electrons. The van der Waals surface area contributed by atoms with E-state index in [1.54, 1.807) is 7.11 Å². The summed E-state index contributed by atoms with van der Waals surface area (Å²) in [4.78, 5) is 18.9. The summed E-state index contributed by atoms with van der Waals surface area (Å²) in [5.41, 5.74) is 1.21. The first-order chi connectivity index (χ1) is 12.7. The number of halogens is 1. The van der Waals surface area contributed by atoms with Crippen molar-refractivity contribution in [2.24, 2.45) is 10.9 Å². The zero-order valence-corrected chi connectivity index (χ0v) is 18.9. The van der Waals surface area contributed by atoms with E-state index in [2.05, 4.69) is 23.2 Å². The lowest BCUT2D eigenvalue weighted by Gasteiger charge is -2.33. The van der Waals surface area contributed by atoms with Crippen molar-refractivity contribution in [1.82, 2.24) is 10.2 Å². The fourth-order valence-corrected chi connectivity index (χ4v) is 3.13. The third kappa shape index (κ3) is 7.56. The second kappa shape index (κ2) is 12.8. The number of benzene rings is 1. The number of nitrogens with one attached hydrogen (secondary N) is 1. The SMILES string of the molecule is CCNC(=NCCc1cccc(OC)c1)N1CCC(C(=O)OCC)CC1.I. The van der Waals surface area contributed by atoms with Crippen molar-refractivity contribution < 1.29 is 14.3 Å². The molecule has 0 aliphatic carbocycles. The van der Waals surface area contributed by atoms with E-state index in [0.717, 1.165) is 50.6 Å². The zero-order valence-electron chi connectivity index (χ0n) is 16.6. The van der Waals surface area contributed by atoms with E-state index >= 15 is 0 Å². The molecule has 1 aromatic rings.